The van der Waals surface area contributed by atoms with Gasteiger partial charge in [0.1, 0.15) is 5.01 Å². The van der Waals surface area contributed by atoms with Crippen molar-refractivity contribution in [3.05, 3.63) is 29.3 Å². The van der Waals surface area contributed by atoms with Gasteiger partial charge in [-0.25, -0.2) is 4.98 Å². The van der Waals surface area contributed by atoms with Crippen molar-refractivity contribution in [1.29, 1.82) is 0 Å². The Morgan fingerprint density at radius 1 is 1.15 bits per heavy atom. The average Bonchev–Trinajstić information content (AvgIpc) is 3.25. The number of thioether (sulfide) groups is 1. The van der Waals surface area contributed by atoms with E-state index in [1.165, 1.54) is 28.9 Å². The highest BCUT2D eigenvalue weighted by atomic mass is 32.2. The van der Waals surface area contributed by atoms with E-state index >= 15 is 0 Å². The minimum atomic E-state index is 0.00570. The van der Waals surface area contributed by atoms with Crippen LogP contribution in [0.4, 0.5) is 5.13 Å². The average molecular weight is 407 g/mol. The Morgan fingerprint density at radius 3 is 2.88 bits per heavy atom. The number of para-hydroxylation sites is 1. The van der Waals surface area contributed by atoms with E-state index in [0.717, 1.165) is 39.9 Å². The van der Waals surface area contributed by atoms with E-state index in [-0.39, 0.29) is 5.91 Å². The number of anilines is 1. The highest BCUT2D eigenvalue weighted by Gasteiger charge is 2.09. The van der Waals surface area contributed by atoms with Crippen molar-refractivity contribution in [2.24, 2.45) is 0 Å². The van der Waals surface area contributed by atoms with Gasteiger partial charge in [-0.2, -0.15) is 0 Å². The third kappa shape index (κ3) is 5.75. The summed E-state index contributed by atoms with van der Waals surface area (Å²) in [5.74, 6) is 0.886. The fraction of sp³-hybridized carbons (Fsp3) is 0.444. The standard InChI is InChI=1S/C18H22N4OS3/c1-2-3-4-11-16-21-22-17(26-16)20-15(23)10-7-12-24-18-19-13-8-5-6-9-14(13)25-18/h5-6,8-9H,2-4,7,10-12H2,1H3,(H,20,22,23). The normalized spacial score (nSPS) is 11.1. The van der Waals surface area contributed by atoms with Gasteiger partial charge < -0.3 is 5.32 Å². The first-order chi connectivity index (χ1) is 12.7. The minimum Gasteiger partial charge on any atom is -0.301 e. The zero-order valence-corrected chi connectivity index (χ0v) is 17.2. The lowest BCUT2D eigenvalue weighted by Crippen LogP contribution is -2.11. The second kappa shape index (κ2) is 9.99. The molecular weight excluding hydrogens is 384 g/mol. The van der Waals surface area contributed by atoms with Gasteiger partial charge >= 0.3 is 0 Å². The minimum absolute atomic E-state index is 0.00570. The molecule has 3 aromatic rings. The van der Waals surface area contributed by atoms with Gasteiger partial charge in [0.2, 0.25) is 11.0 Å². The number of fused-ring (bicyclic) bond motifs is 1. The van der Waals surface area contributed by atoms with Crippen LogP contribution in [0.2, 0.25) is 0 Å². The molecule has 5 nitrogen and oxygen atoms in total. The van der Waals surface area contributed by atoms with Crippen LogP contribution in [0.15, 0.2) is 28.6 Å². The predicted molar refractivity (Wildman–Crippen MR) is 111 cm³/mol. The zero-order valence-electron chi connectivity index (χ0n) is 14.7. The number of carbonyl (C=O) groups is 1. The van der Waals surface area contributed by atoms with Gasteiger partial charge in [-0.05, 0) is 25.0 Å². The van der Waals surface area contributed by atoms with Gasteiger partial charge in [-0.3, -0.25) is 4.79 Å². The van der Waals surface area contributed by atoms with Crippen molar-refractivity contribution in [1.82, 2.24) is 15.2 Å². The summed E-state index contributed by atoms with van der Waals surface area (Å²) in [6.45, 7) is 2.18. The number of carbonyl (C=O) groups excluding carboxylic acids is 1. The molecule has 0 saturated heterocycles. The molecule has 8 heteroatoms. The van der Waals surface area contributed by atoms with E-state index in [0.29, 0.717) is 11.6 Å². The number of rotatable bonds is 10. The summed E-state index contributed by atoms with van der Waals surface area (Å²) in [6.07, 6.45) is 5.77. The van der Waals surface area contributed by atoms with Crippen LogP contribution in [0.5, 0.6) is 0 Å². The number of nitrogens with one attached hydrogen (secondary N) is 1. The molecular formula is C18H22N4OS3. The Balaban J connectivity index is 1.36. The molecule has 2 heterocycles. The summed E-state index contributed by atoms with van der Waals surface area (Å²) in [5.41, 5.74) is 1.05. The van der Waals surface area contributed by atoms with Crippen LogP contribution in [0.1, 0.15) is 44.0 Å². The van der Waals surface area contributed by atoms with Crippen LogP contribution in [-0.4, -0.2) is 26.8 Å². The van der Waals surface area contributed by atoms with Crippen LogP contribution in [-0.2, 0) is 11.2 Å². The number of unbranched alkanes of at least 4 members (excludes halogenated alkanes) is 2. The van der Waals surface area contributed by atoms with Gasteiger partial charge in [-0.1, -0.05) is 55.0 Å². The van der Waals surface area contributed by atoms with Crippen LogP contribution in [0, 0.1) is 0 Å². The molecule has 0 radical (unpaired) electrons. The first-order valence-electron chi connectivity index (χ1n) is 8.85. The molecule has 1 aromatic carbocycles. The third-order valence-electron chi connectivity index (χ3n) is 3.76. The van der Waals surface area contributed by atoms with Crippen LogP contribution in [0.3, 0.4) is 0 Å². The molecule has 138 valence electrons. The molecule has 0 spiro atoms. The number of hydrogen-bond donors (Lipinski definition) is 1. The molecule has 1 amide bonds. The van der Waals surface area contributed by atoms with Gasteiger partial charge in [-0.15, -0.1) is 21.5 Å². The number of aryl methyl sites for hydroxylation is 1. The molecule has 2 aromatic heterocycles. The molecule has 0 fully saturated rings. The van der Waals surface area contributed by atoms with Crippen LogP contribution >= 0.6 is 34.4 Å². The summed E-state index contributed by atoms with van der Waals surface area (Å²) in [4.78, 5) is 16.6. The van der Waals surface area contributed by atoms with E-state index < -0.39 is 0 Å². The lowest BCUT2D eigenvalue weighted by molar-refractivity contribution is -0.116. The molecule has 0 aliphatic heterocycles. The second-order valence-electron chi connectivity index (χ2n) is 5.91. The SMILES string of the molecule is CCCCCc1nnc(NC(=O)CCCSc2nc3ccccc3s2)s1. The first kappa shape index (κ1) is 19.3. The van der Waals surface area contributed by atoms with Crippen molar-refractivity contribution in [2.45, 2.75) is 49.8 Å². The van der Waals surface area contributed by atoms with Crippen molar-refractivity contribution < 1.29 is 4.79 Å². The summed E-state index contributed by atoms with van der Waals surface area (Å²) in [7, 11) is 0. The molecule has 0 aliphatic carbocycles. The van der Waals surface area contributed by atoms with Crippen molar-refractivity contribution in [3.8, 4) is 0 Å². The second-order valence-corrected chi connectivity index (χ2v) is 9.34. The number of amides is 1. The molecule has 0 unspecified atom stereocenters. The van der Waals surface area contributed by atoms with Gasteiger partial charge in [0.15, 0.2) is 4.34 Å². The smallest absolute Gasteiger partial charge is 0.226 e. The van der Waals surface area contributed by atoms with Gasteiger partial charge in [0.25, 0.3) is 0 Å². The Hall–Kier alpha value is -1.51. The number of aromatic nitrogens is 3. The molecule has 0 aliphatic rings. The topological polar surface area (TPSA) is 67.8 Å². The monoisotopic (exact) mass is 406 g/mol. The predicted octanol–water partition coefficient (Wildman–Crippen LogP) is 5.39. The molecule has 0 bridgehead atoms. The Morgan fingerprint density at radius 2 is 2.04 bits per heavy atom. The van der Waals surface area contributed by atoms with Crippen LogP contribution in [0.25, 0.3) is 10.2 Å². The molecule has 3 rings (SSSR count). The number of hydrogen-bond acceptors (Lipinski definition) is 7. The van der Waals surface area contributed by atoms with E-state index in [1.807, 2.05) is 18.2 Å². The highest BCUT2D eigenvalue weighted by molar-refractivity contribution is 8.01. The summed E-state index contributed by atoms with van der Waals surface area (Å²) < 4.78 is 2.27. The fourth-order valence-electron chi connectivity index (χ4n) is 2.42. The maximum Gasteiger partial charge on any atom is 0.226 e. The Bertz CT molecular complexity index is 813. The van der Waals surface area contributed by atoms with Crippen molar-refractivity contribution in [3.63, 3.8) is 0 Å². The number of thiazole rings is 1. The maximum atomic E-state index is 12.0. The number of nitrogens with zero attached hydrogens (tertiary/aromatic N) is 3. The summed E-state index contributed by atoms with van der Waals surface area (Å²) in [5, 5.41) is 12.7. The first-order valence-corrected chi connectivity index (χ1v) is 11.5. The molecule has 1 N–H and O–H groups in total. The quantitative estimate of drug-likeness (QED) is 0.361. The zero-order chi connectivity index (χ0) is 18.2. The molecule has 0 saturated carbocycles. The summed E-state index contributed by atoms with van der Waals surface area (Å²) >= 11 is 4.90. The Kier molecular flexibility index (Phi) is 7.40. The van der Waals surface area contributed by atoms with E-state index in [9.17, 15) is 4.79 Å². The fourth-order valence-corrected chi connectivity index (χ4v) is 5.29. The van der Waals surface area contributed by atoms with Gasteiger partial charge in [0, 0.05) is 18.6 Å². The van der Waals surface area contributed by atoms with Gasteiger partial charge in [0.05, 0.1) is 10.2 Å². The van der Waals surface area contributed by atoms with E-state index in [1.54, 1.807) is 23.1 Å². The van der Waals surface area contributed by atoms with Crippen molar-refractivity contribution in [2.75, 3.05) is 11.1 Å². The molecule has 26 heavy (non-hydrogen) atoms. The maximum absolute atomic E-state index is 12.0. The van der Waals surface area contributed by atoms with E-state index in [4.69, 9.17) is 0 Å². The largest absolute Gasteiger partial charge is 0.301 e. The summed E-state index contributed by atoms with van der Waals surface area (Å²) in [6, 6.07) is 8.15. The molecule has 0 atom stereocenters. The van der Waals surface area contributed by atoms with Crippen molar-refractivity contribution >= 4 is 55.7 Å². The van der Waals surface area contributed by atoms with E-state index in [2.05, 4.69) is 33.5 Å². The van der Waals surface area contributed by atoms with Crippen LogP contribution < -0.4 is 5.32 Å². The number of benzene rings is 1. The lowest BCUT2D eigenvalue weighted by Gasteiger charge is -2.00. The Labute approximate surface area is 165 Å². The highest BCUT2D eigenvalue weighted by Crippen LogP contribution is 2.29. The lowest BCUT2D eigenvalue weighted by atomic mass is 10.2. The third-order valence-corrected chi connectivity index (χ3v) is 6.92.